The summed E-state index contributed by atoms with van der Waals surface area (Å²) in [5.41, 5.74) is 3.35. The number of carbonyl (C=O) groups excluding carboxylic acids is 3. The maximum atomic E-state index is 12.7. The molecule has 38 heavy (non-hydrogen) atoms. The van der Waals surface area contributed by atoms with E-state index in [9.17, 15) is 14.4 Å². The van der Waals surface area contributed by atoms with Crippen molar-refractivity contribution in [2.45, 2.75) is 19.9 Å². The van der Waals surface area contributed by atoms with Gasteiger partial charge in [-0.2, -0.15) is 5.10 Å². The molecule has 1 atom stereocenters. The normalized spacial score (nSPS) is 14.3. The Hall–Kier alpha value is -3.34. The Morgan fingerprint density at radius 3 is 2.47 bits per heavy atom. The Balaban J connectivity index is 1.58. The van der Waals surface area contributed by atoms with E-state index in [1.54, 1.807) is 36.9 Å². The molecule has 2 N–H and O–H groups in total. The van der Waals surface area contributed by atoms with Crippen LogP contribution in [-0.2, 0) is 14.3 Å². The molecule has 0 spiro atoms. The molecule has 1 fully saturated rings. The van der Waals surface area contributed by atoms with Gasteiger partial charge in [0.15, 0.2) is 18.1 Å². The number of hydrazone groups is 1. The average molecular weight is 565 g/mol. The SMILES string of the molecule is COc1cc(/C=N/NC(=O)C(NC(=O)c2ccc(Cl)c(Cl)c2)C(C)C)ccc1OCC(=O)N1CCOCC1. The van der Waals surface area contributed by atoms with Gasteiger partial charge in [0.25, 0.3) is 17.7 Å². The first-order valence-corrected chi connectivity index (χ1v) is 12.7. The van der Waals surface area contributed by atoms with Crippen molar-refractivity contribution < 1.29 is 28.6 Å². The number of morpholine rings is 1. The first kappa shape index (κ1) is 29.2. The van der Waals surface area contributed by atoms with Crippen LogP contribution in [0.3, 0.4) is 0 Å². The average Bonchev–Trinajstić information content (AvgIpc) is 2.92. The second-order valence-corrected chi connectivity index (χ2v) is 9.56. The van der Waals surface area contributed by atoms with Gasteiger partial charge in [0.05, 0.1) is 36.6 Å². The lowest BCUT2D eigenvalue weighted by atomic mass is 10.0. The van der Waals surface area contributed by atoms with Crippen LogP contribution in [0.15, 0.2) is 41.5 Å². The Morgan fingerprint density at radius 2 is 1.82 bits per heavy atom. The van der Waals surface area contributed by atoms with Crippen molar-refractivity contribution in [3.8, 4) is 11.5 Å². The fraction of sp³-hybridized carbons (Fsp3) is 0.385. The molecule has 0 radical (unpaired) electrons. The molecule has 10 nitrogen and oxygen atoms in total. The molecular weight excluding hydrogens is 535 g/mol. The molecule has 1 aliphatic heterocycles. The summed E-state index contributed by atoms with van der Waals surface area (Å²) >= 11 is 11.9. The van der Waals surface area contributed by atoms with Gasteiger partial charge in [-0.15, -0.1) is 0 Å². The molecule has 1 unspecified atom stereocenters. The zero-order valence-corrected chi connectivity index (χ0v) is 22.8. The predicted molar refractivity (Wildman–Crippen MR) is 144 cm³/mol. The lowest BCUT2D eigenvalue weighted by Crippen LogP contribution is -2.48. The summed E-state index contributed by atoms with van der Waals surface area (Å²) in [5.74, 6) is -0.487. The van der Waals surface area contributed by atoms with E-state index in [0.29, 0.717) is 48.4 Å². The van der Waals surface area contributed by atoms with Gasteiger partial charge in [-0.1, -0.05) is 37.0 Å². The second kappa shape index (κ2) is 14.0. The van der Waals surface area contributed by atoms with Gasteiger partial charge in [0, 0.05) is 18.7 Å². The number of nitrogens with one attached hydrogen (secondary N) is 2. The van der Waals surface area contributed by atoms with E-state index in [4.69, 9.17) is 37.4 Å². The number of halogens is 2. The van der Waals surface area contributed by atoms with E-state index < -0.39 is 17.9 Å². The van der Waals surface area contributed by atoms with E-state index in [2.05, 4.69) is 15.8 Å². The Labute approximate surface area is 231 Å². The molecule has 204 valence electrons. The molecule has 1 aliphatic rings. The highest BCUT2D eigenvalue weighted by atomic mass is 35.5. The summed E-state index contributed by atoms with van der Waals surface area (Å²) in [6.07, 6.45) is 1.43. The van der Waals surface area contributed by atoms with Gasteiger partial charge in [0.1, 0.15) is 6.04 Å². The monoisotopic (exact) mass is 564 g/mol. The molecule has 3 rings (SSSR count). The third-order valence-corrected chi connectivity index (χ3v) is 6.45. The number of benzene rings is 2. The predicted octanol–water partition coefficient (Wildman–Crippen LogP) is 3.14. The van der Waals surface area contributed by atoms with Gasteiger partial charge in [-0.3, -0.25) is 14.4 Å². The summed E-state index contributed by atoms with van der Waals surface area (Å²) in [5, 5.41) is 7.27. The molecule has 0 bridgehead atoms. The van der Waals surface area contributed by atoms with E-state index in [0.717, 1.165) is 0 Å². The lowest BCUT2D eigenvalue weighted by Gasteiger charge is -2.26. The molecule has 0 aromatic heterocycles. The fourth-order valence-electron chi connectivity index (χ4n) is 3.56. The maximum absolute atomic E-state index is 12.7. The maximum Gasteiger partial charge on any atom is 0.262 e. The fourth-order valence-corrected chi connectivity index (χ4v) is 3.86. The third kappa shape index (κ3) is 8.08. The molecule has 1 saturated heterocycles. The first-order valence-electron chi connectivity index (χ1n) is 11.9. The van der Waals surface area contributed by atoms with Crippen LogP contribution in [0.1, 0.15) is 29.8 Å². The number of methoxy groups -OCH3 is 1. The summed E-state index contributed by atoms with van der Waals surface area (Å²) < 4.78 is 16.3. The van der Waals surface area contributed by atoms with E-state index >= 15 is 0 Å². The topological polar surface area (TPSA) is 119 Å². The molecular formula is C26H30Cl2N4O6. The van der Waals surface area contributed by atoms with Crippen molar-refractivity contribution in [3.63, 3.8) is 0 Å². The summed E-state index contributed by atoms with van der Waals surface area (Å²) in [4.78, 5) is 39.4. The minimum atomic E-state index is -0.844. The van der Waals surface area contributed by atoms with E-state index in [1.165, 1.54) is 31.5 Å². The molecule has 2 aromatic carbocycles. The zero-order valence-electron chi connectivity index (χ0n) is 21.3. The molecule has 0 aliphatic carbocycles. The Bertz CT molecular complexity index is 1180. The summed E-state index contributed by atoms with van der Waals surface area (Å²) in [6.45, 7) is 5.59. The van der Waals surface area contributed by atoms with Crippen molar-refractivity contribution in [1.82, 2.24) is 15.6 Å². The number of rotatable bonds is 10. The molecule has 2 aromatic rings. The zero-order chi connectivity index (χ0) is 27.7. The van der Waals surface area contributed by atoms with Crippen molar-refractivity contribution in [1.29, 1.82) is 0 Å². The highest BCUT2D eigenvalue weighted by Crippen LogP contribution is 2.27. The van der Waals surface area contributed by atoms with Crippen LogP contribution in [-0.4, -0.2) is 74.9 Å². The van der Waals surface area contributed by atoms with Crippen LogP contribution < -0.4 is 20.2 Å². The van der Waals surface area contributed by atoms with Gasteiger partial charge < -0.3 is 24.4 Å². The quantitative estimate of drug-likeness (QED) is 0.338. The van der Waals surface area contributed by atoms with Gasteiger partial charge in [-0.05, 0) is 47.9 Å². The Kier molecular flexibility index (Phi) is 10.8. The number of nitrogens with zero attached hydrogens (tertiary/aromatic N) is 2. The van der Waals surface area contributed by atoms with Gasteiger partial charge in [-0.25, -0.2) is 5.43 Å². The molecule has 0 saturated carbocycles. The molecule has 12 heteroatoms. The molecule has 1 heterocycles. The van der Waals surface area contributed by atoms with Crippen molar-refractivity contribution in [2.24, 2.45) is 11.0 Å². The number of hydrogen-bond acceptors (Lipinski definition) is 7. The van der Waals surface area contributed by atoms with Gasteiger partial charge in [0.2, 0.25) is 0 Å². The highest BCUT2D eigenvalue weighted by molar-refractivity contribution is 6.42. The van der Waals surface area contributed by atoms with Crippen molar-refractivity contribution in [3.05, 3.63) is 57.6 Å². The van der Waals surface area contributed by atoms with Crippen molar-refractivity contribution in [2.75, 3.05) is 40.0 Å². The number of amides is 3. The summed E-state index contributed by atoms with van der Waals surface area (Å²) in [7, 11) is 1.48. The first-order chi connectivity index (χ1) is 18.2. The minimum absolute atomic E-state index is 0.121. The number of hydrogen-bond donors (Lipinski definition) is 2. The van der Waals surface area contributed by atoms with Crippen LogP contribution in [0, 0.1) is 5.92 Å². The Morgan fingerprint density at radius 1 is 1.08 bits per heavy atom. The largest absolute Gasteiger partial charge is 0.493 e. The smallest absolute Gasteiger partial charge is 0.262 e. The number of ether oxygens (including phenoxy) is 3. The lowest BCUT2D eigenvalue weighted by molar-refractivity contribution is -0.137. The van der Waals surface area contributed by atoms with Crippen LogP contribution in [0.4, 0.5) is 0 Å². The van der Waals surface area contributed by atoms with Crippen LogP contribution in [0.5, 0.6) is 11.5 Å². The second-order valence-electron chi connectivity index (χ2n) is 8.75. The molecule has 3 amide bonds. The highest BCUT2D eigenvalue weighted by Gasteiger charge is 2.25. The minimum Gasteiger partial charge on any atom is -0.493 e. The standard InChI is InChI=1S/C26H30Cl2N4O6/c1-16(2)24(30-25(34)18-5-6-19(27)20(28)13-18)26(35)31-29-14-17-4-7-21(22(12-17)36-3)38-15-23(33)32-8-10-37-11-9-32/h4-7,12-14,16,24H,8-11,15H2,1-3H3,(H,30,34)(H,31,35)/b29-14+. The number of carbonyl (C=O) groups is 3. The van der Waals surface area contributed by atoms with E-state index in [1.807, 2.05) is 0 Å². The van der Waals surface area contributed by atoms with Crippen LogP contribution >= 0.6 is 23.2 Å². The van der Waals surface area contributed by atoms with Crippen LogP contribution in [0.25, 0.3) is 0 Å². The summed E-state index contributed by atoms with van der Waals surface area (Å²) in [6, 6.07) is 8.66. The van der Waals surface area contributed by atoms with Gasteiger partial charge >= 0.3 is 0 Å². The third-order valence-electron chi connectivity index (χ3n) is 5.71. The van der Waals surface area contributed by atoms with Crippen molar-refractivity contribution >= 4 is 47.1 Å². The van der Waals surface area contributed by atoms with E-state index in [-0.39, 0.29) is 29.0 Å². The van der Waals surface area contributed by atoms with Crippen LogP contribution in [0.2, 0.25) is 10.0 Å².